The third kappa shape index (κ3) is 16.8. The molecule has 0 unspecified atom stereocenters. The van der Waals surface area contributed by atoms with Crippen LogP contribution in [0, 0.1) is 17.8 Å². The zero-order valence-electron chi connectivity index (χ0n) is 25.2. The minimum Gasteiger partial charge on any atom is -0.465 e. The molecule has 2 aliphatic rings. The van der Waals surface area contributed by atoms with Crippen molar-refractivity contribution in [1.82, 2.24) is 0 Å². The molecule has 222 valence electrons. The Balaban J connectivity index is 1.24. The SMILES string of the molecule is CC(CCCCCCCCCOC(=O)C1CCCCC1)CCCCCCCCCOC(=O)C1CCCCC1. The smallest absolute Gasteiger partial charge is 0.308 e. The third-order valence-electron chi connectivity index (χ3n) is 9.05. The average Bonchev–Trinajstić information content (AvgIpc) is 2.95. The standard InChI is InChI=1S/C34H62O4/c1-30(22-14-8-4-2-6-10-20-28-37-33(35)31-24-16-12-17-25-31)23-15-9-5-3-7-11-21-29-38-34(36)32-26-18-13-19-27-32/h30-32H,2-29H2,1H3. The van der Waals surface area contributed by atoms with Crippen molar-refractivity contribution in [2.75, 3.05) is 13.2 Å². The van der Waals surface area contributed by atoms with E-state index in [-0.39, 0.29) is 23.8 Å². The lowest BCUT2D eigenvalue weighted by Gasteiger charge is -2.19. The van der Waals surface area contributed by atoms with Crippen LogP contribution in [0.4, 0.5) is 0 Å². The molecule has 0 aliphatic heterocycles. The lowest BCUT2D eigenvalue weighted by molar-refractivity contribution is -0.150. The first-order chi connectivity index (χ1) is 18.7. The van der Waals surface area contributed by atoms with Gasteiger partial charge in [0, 0.05) is 0 Å². The number of rotatable bonds is 22. The fourth-order valence-electron chi connectivity index (χ4n) is 6.36. The first-order valence-corrected chi connectivity index (χ1v) is 17.0. The maximum absolute atomic E-state index is 12.0. The van der Waals surface area contributed by atoms with E-state index in [1.165, 1.54) is 128 Å². The van der Waals surface area contributed by atoms with Gasteiger partial charge in [0.05, 0.1) is 25.0 Å². The quantitative estimate of drug-likeness (QED) is 0.102. The largest absolute Gasteiger partial charge is 0.465 e. The minimum absolute atomic E-state index is 0.0689. The molecular formula is C34H62O4. The molecule has 0 spiro atoms. The number of ether oxygens (including phenoxy) is 2. The summed E-state index contributed by atoms with van der Waals surface area (Å²) in [6.07, 6.45) is 32.2. The van der Waals surface area contributed by atoms with Gasteiger partial charge in [-0.05, 0) is 44.4 Å². The highest BCUT2D eigenvalue weighted by molar-refractivity contribution is 5.72. The van der Waals surface area contributed by atoms with Gasteiger partial charge in [-0.15, -0.1) is 0 Å². The Morgan fingerprint density at radius 1 is 0.500 bits per heavy atom. The maximum Gasteiger partial charge on any atom is 0.308 e. The Morgan fingerprint density at radius 2 is 0.816 bits per heavy atom. The van der Waals surface area contributed by atoms with Crippen molar-refractivity contribution < 1.29 is 19.1 Å². The van der Waals surface area contributed by atoms with Gasteiger partial charge >= 0.3 is 11.9 Å². The van der Waals surface area contributed by atoms with Gasteiger partial charge in [-0.2, -0.15) is 0 Å². The van der Waals surface area contributed by atoms with E-state index in [9.17, 15) is 9.59 Å². The van der Waals surface area contributed by atoms with Crippen LogP contribution in [0.15, 0.2) is 0 Å². The van der Waals surface area contributed by atoms with Crippen LogP contribution in [0.2, 0.25) is 0 Å². The predicted octanol–water partition coefficient (Wildman–Crippen LogP) is 10.1. The Labute approximate surface area is 235 Å². The molecule has 4 nitrogen and oxygen atoms in total. The number of carbonyl (C=O) groups is 2. The van der Waals surface area contributed by atoms with Crippen LogP contribution in [0.5, 0.6) is 0 Å². The first kappa shape index (κ1) is 33.1. The van der Waals surface area contributed by atoms with Crippen LogP contribution in [0.1, 0.15) is 174 Å². The fraction of sp³-hybridized carbons (Fsp3) is 0.941. The first-order valence-electron chi connectivity index (χ1n) is 17.0. The highest BCUT2D eigenvalue weighted by Gasteiger charge is 2.23. The second kappa shape index (κ2) is 22.7. The Hall–Kier alpha value is -1.06. The maximum atomic E-state index is 12.0. The highest BCUT2D eigenvalue weighted by Crippen LogP contribution is 2.26. The molecule has 0 saturated heterocycles. The summed E-state index contributed by atoms with van der Waals surface area (Å²) in [4.78, 5) is 24.1. The molecule has 0 bridgehead atoms. The van der Waals surface area contributed by atoms with E-state index in [1.54, 1.807) is 0 Å². The van der Waals surface area contributed by atoms with E-state index in [4.69, 9.17) is 9.47 Å². The topological polar surface area (TPSA) is 52.6 Å². The Morgan fingerprint density at radius 3 is 1.18 bits per heavy atom. The van der Waals surface area contributed by atoms with Gasteiger partial charge < -0.3 is 9.47 Å². The van der Waals surface area contributed by atoms with Crippen molar-refractivity contribution in [2.45, 2.75) is 174 Å². The monoisotopic (exact) mass is 534 g/mol. The summed E-state index contributed by atoms with van der Waals surface area (Å²) < 4.78 is 11.0. The molecule has 0 aromatic carbocycles. The molecule has 0 heterocycles. The zero-order valence-corrected chi connectivity index (χ0v) is 25.2. The lowest BCUT2D eigenvalue weighted by Crippen LogP contribution is -2.20. The highest BCUT2D eigenvalue weighted by atomic mass is 16.5. The van der Waals surface area contributed by atoms with Gasteiger partial charge in [-0.1, -0.05) is 135 Å². The van der Waals surface area contributed by atoms with Crippen molar-refractivity contribution in [1.29, 1.82) is 0 Å². The molecule has 0 N–H and O–H groups in total. The number of unbranched alkanes of at least 4 members (excludes halogenated alkanes) is 12. The number of hydrogen-bond donors (Lipinski definition) is 0. The van der Waals surface area contributed by atoms with Gasteiger partial charge in [0.2, 0.25) is 0 Å². The molecular weight excluding hydrogens is 472 g/mol. The second-order valence-electron chi connectivity index (χ2n) is 12.6. The molecule has 4 heteroatoms. The Kier molecular flexibility index (Phi) is 19.8. The number of esters is 2. The van der Waals surface area contributed by atoms with E-state index in [2.05, 4.69) is 6.92 Å². The van der Waals surface area contributed by atoms with Crippen molar-refractivity contribution in [2.24, 2.45) is 17.8 Å². The molecule has 0 aromatic heterocycles. The minimum atomic E-state index is 0.0689. The van der Waals surface area contributed by atoms with Gasteiger partial charge in [0.25, 0.3) is 0 Å². The van der Waals surface area contributed by atoms with Crippen molar-refractivity contribution >= 4 is 11.9 Å². The summed E-state index contributed by atoms with van der Waals surface area (Å²) >= 11 is 0. The average molecular weight is 535 g/mol. The molecule has 2 saturated carbocycles. The molecule has 0 amide bonds. The van der Waals surface area contributed by atoms with Gasteiger partial charge in [0.1, 0.15) is 0 Å². The van der Waals surface area contributed by atoms with E-state index in [0.29, 0.717) is 13.2 Å². The van der Waals surface area contributed by atoms with Crippen LogP contribution in [0.25, 0.3) is 0 Å². The van der Waals surface area contributed by atoms with E-state index in [0.717, 1.165) is 44.4 Å². The summed E-state index contributed by atoms with van der Waals surface area (Å²) in [5, 5.41) is 0. The Bertz CT molecular complexity index is 527. The van der Waals surface area contributed by atoms with E-state index < -0.39 is 0 Å². The number of carbonyl (C=O) groups excluding carboxylic acids is 2. The number of hydrogen-bond acceptors (Lipinski definition) is 4. The van der Waals surface area contributed by atoms with Gasteiger partial charge in [-0.3, -0.25) is 9.59 Å². The van der Waals surface area contributed by atoms with Gasteiger partial charge in [-0.25, -0.2) is 0 Å². The summed E-state index contributed by atoms with van der Waals surface area (Å²) in [6.45, 7) is 3.69. The zero-order chi connectivity index (χ0) is 27.1. The van der Waals surface area contributed by atoms with Crippen LogP contribution >= 0.6 is 0 Å². The van der Waals surface area contributed by atoms with Crippen LogP contribution in [-0.4, -0.2) is 25.2 Å². The summed E-state index contributed by atoms with van der Waals surface area (Å²) in [5.74, 6) is 1.39. The predicted molar refractivity (Wildman–Crippen MR) is 158 cm³/mol. The van der Waals surface area contributed by atoms with E-state index in [1.807, 2.05) is 0 Å². The molecule has 0 atom stereocenters. The summed E-state index contributed by atoms with van der Waals surface area (Å²) in [7, 11) is 0. The van der Waals surface area contributed by atoms with Gasteiger partial charge in [0.15, 0.2) is 0 Å². The second-order valence-corrected chi connectivity index (χ2v) is 12.6. The van der Waals surface area contributed by atoms with Crippen molar-refractivity contribution in [3.63, 3.8) is 0 Å². The van der Waals surface area contributed by atoms with Crippen LogP contribution in [0.3, 0.4) is 0 Å². The third-order valence-corrected chi connectivity index (χ3v) is 9.05. The molecule has 2 fully saturated rings. The summed E-state index contributed by atoms with van der Waals surface area (Å²) in [6, 6.07) is 0. The molecule has 2 rings (SSSR count). The van der Waals surface area contributed by atoms with Crippen LogP contribution in [-0.2, 0) is 19.1 Å². The van der Waals surface area contributed by atoms with Crippen molar-refractivity contribution in [3.05, 3.63) is 0 Å². The lowest BCUT2D eigenvalue weighted by atomic mass is 9.89. The molecule has 0 aromatic rings. The molecule has 0 radical (unpaired) electrons. The molecule has 2 aliphatic carbocycles. The summed E-state index contributed by atoms with van der Waals surface area (Å²) in [5.41, 5.74) is 0. The van der Waals surface area contributed by atoms with E-state index >= 15 is 0 Å². The van der Waals surface area contributed by atoms with Crippen molar-refractivity contribution in [3.8, 4) is 0 Å². The fourth-order valence-corrected chi connectivity index (χ4v) is 6.36. The van der Waals surface area contributed by atoms with Crippen LogP contribution < -0.4 is 0 Å². The molecule has 38 heavy (non-hydrogen) atoms. The normalized spacial score (nSPS) is 17.1.